The van der Waals surface area contributed by atoms with Crippen molar-refractivity contribution in [3.8, 4) is 11.5 Å². The molecule has 0 amide bonds. The van der Waals surface area contributed by atoms with Crippen LogP contribution in [0, 0.1) is 0 Å². The molecule has 1 heterocycles. The molecule has 0 radical (unpaired) electrons. The van der Waals surface area contributed by atoms with Crippen molar-refractivity contribution >= 4 is 17.0 Å². The highest BCUT2D eigenvalue weighted by molar-refractivity contribution is 5.80. The standard InChI is InChI=1S/C25H33N5O2/c1-4-26-25(28-17-23-29-20-13-7-8-14-21(20)30(23)2)27-16-18-10-9-15-22(31-3)24(18)32-19-11-5-6-12-19/h7-10,13-15,19H,4-6,11-12,16-17H2,1-3H3,(H2,26,27,28). The molecule has 0 aliphatic heterocycles. The Hall–Kier alpha value is -3.22. The molecule has 0 bridgehead atoms. The van der Waals surface area contributed by atoms with Gasteiger partial charge in [0.15, 0.2) is 17.5 Å². The molecule has 0 unspecified atom stereocenters. The predicted octanol–water partition coefficient (Wildman–Crippen LogP) is 4.16. The number of nitrogens with zero attached hydrogens (tertiary/aromatic N) is 3. The molecule has 3 aromatic rings. The summed E-state index contributed by atoms with van der Waals surface area (Å²) in [7, 11) is 3.73. The minimum absolute atomic E-state index is 0.262. The summed E-state index contributed by atoms with van der Waals surface area (Å²) in [6, 6.07) is 14.2. The predicted molar refractivity (Wildman–Crippen MR) is 128 cm³/mol. The van der Waals surface area contributed by atoms with Crippen LogP contribution < -0.4 is 20.1 Å². The summed E-state index contributed by atoms with van der Waals surface area (Å²) >= 11 is 0. The summed E-state index contributed by atoms with van der Waals surface area (Å²) in [5.41, 5.74) is 3.14. The van der Waals surface area contributed by atoms with Crippen LogP contribution in [0.5, 0.6) is 11.5 Å². The van der Waals surface area contributed by atoms with Gasteiger partial charge >= 0.3 is 0 Å². The van der Waals surface area contributed by atoms with Gasteiger partial charge in [0.05, 0.1) is 37.3 Å². The average molecular weight is 436 g/mol. The van der Waals surface area contributed by atoms with Gasteiger partial charge in [-0.15, -0.1) is 0 Å². The van der Waals surface area contributed by atoms with Gasteiger partial charge in [-0.05, 0) is 50.8 Å². The molecule has 0 spiro atoms. The molecule has 4 rings (SSSR count). The first-order chi connectivity index (χ1) is 15.7. The van der Waals surface area contributed by atoms with Crippen LogP contribution in [-0.4, -0.2) is 35.3 Å². The van der Waals surface area contributed by atoms with Gasteiger partial charge in [0.1, 0.15) is 5.82 Å². The average Bonchev–Trinajstić information content (AvgIpc) is 3.44. The molecule has 1 saturated carbocycles. The van der Waals surface area contributed by atoms with E-state index in [1.807, 2.05) is 37.4 Å². The van der Waals surface area contributed by atoms with E-state index >= 15 is 0 Å². The van der Waals surface area contributed by atoms with Crippen LogP contribution in [0.25, 0.3) is 11.0 Å². The van der Waals surface area contributed by atoms with Gasteiger partial charge in [0.25, 0.3) is 0 Å². The van der Waals surface area contributed by atoms with Crippen LogP contribution in [0.1, 0.15) is 44.0 Å². The van der Waals surface area contributed by atoms with Crippen LogP contribution in [-0.2, 0) is 20.1 Å². The molecule has 1 aliphatic rings. The number of aromatic nitrogens is 2. The third kappa shape index (κ3) is 4.98. The summed E-state index contributed by atoms with van der Waals surface area (Å²) < 4.78 is 14.0. The van der Waals surface area contributed by atoms with E-state index in [4.69, 9.17) is 19.5 Å². The molecule has 0 atom stereocenters. The van der Waals surface area contributed by atoms with Gasteiger partial charge in [-0.2, -0.15) is 0 Å². The van der Waals surface area contributed by atoms with Crippen molar-refractivity contribution in [3.05, 3.63) is 53.9 Å². The van der Waals surface area contributed by atoms with Gasteiger partial charge in [-0.3, -0.25) is 0 Å². The smallest absolute Gasteiger partial charge is 0.191 e. The molecule has 170 valence electrons. The van der Waals surface area contributed by atoms with Gasteiger partial charge in [-0.25, -0.2) is 9.98 Å². The second-order valence-electron chi connectivity index (χ2n) is 8.10. The number of fused-ring (bicyclic) bond motifs is 1. The van der Waals surface area contributed by atoms with E-state index in [0.29, 0.717) is 13.1 Å². The van der Waals surface area contributed by atoms with Crippen molar-refractivity contribution in [2.75, 3.05) is 13.7 Å². The van der Waals surface area contributed by atoms with E-state index in [1.54, 1.807) is 7.11 Å². The van der Waals surface area contributed by atoms with E-state index in [0.717, 1.165) is 59.3 Å². The first-order valence-corrected chi connectivity index (χ1v) is 11.4. The molecule has 1 aromatic heterocycles. The number of para-hydroxylation sites is 3. The number of guanidine groups is 1. The molecule has 1 aliphatic carbocycles. The Balaban J connectivity index is 1.49. The Kier molecular flexibility index (Phi) is 7.14. The lowest BCUT2D eigenvalue weighted by molar-refractivity contribution is 0.198. The van der Waals surface area contributed by atoms with E-state index < -0.39 is 0 Å². The fraction of sp³-hybridized carbons (Fsp3) is 0.440. The Labute approximate surface area is 189 Å². The van der Waals surface area contributed by atoms with Crippen LogP contribution in [0.2, 0.25) is 0 Å². The Morgan fingerprint density at radius 1 is 1.12 bits per heavy atom. The van der Waals surface area contributed by atoms with Crippen LogP contribution in [0.3, 0.4) is 0 Å². The third-order valence-corrected chi connectivity index (χ3v) is 5.91. The summed E-state index contributed by atoms with van der Waals surface area (Å²) in [4.78, 5) is 9.55. The molecular weight excluding hydrogens is 402 g/mol. The molecule has 2 N–H and O–H groups in total. The number of aliphatic imine (C=N–C) groups is 1. The number of benzene rings is 2. The monoisotopic (exact) mass is 435 g/mol. The number of rotatable bonds is 8. The lowest BCUT2D eigenvalue weighted by Crippen LogP contribution is -2.37. The number of ether oxygens (including phenoxy) is 2. The van der Waals surface area contributed by atoms with Gasteiger partial charge in [0.2, 0.25) is 0 Å². The van der Waals surface area contributed by atoms with E-state index in [-0.39, 0.29) is 6.10 Å². The van der Waals surface area contributed by atoms with Gasteiger partial charge in [-0.1, -0.05) is 24.3 Å². The minimum atomic E-state index is 0.262. The normalized spacial score (nSPS) is 14.7. The van der Waals surface area contributed by atoms with E-state index in [9.17, 15) is 0 Å². The first kappa shape index (κ1) is 22.0. The number of nitrogens with one attached hydrogen (secondary N) is 2. The fourth-order valence-electron chi connectivity index (χ4n) is 4.18. The second kappa shape index (κ2) is 10.4. The van der Waals surface area contributed by atoms with Crippen molar-refractivity contribution in [1.82, 2.24) is 20.2 Å². The van der Waals surface area contributed by atoms with Crippen molar-refractivity contribution in [2.45, 2.75) is 51.8 Å². The van der Waals surface area contributed by atoms with Gasteiger partial charge < -0.3 is 24.7 Å². The molecule has 7 heteroatoms. The maximum absolute atomic E-state index is 6.35. The fourth-order valence-corrected chi connectivity index (χ4v) is 4.18. The number of hydrogen-bond donors (Lipinski definition) is 2. The summed E-state index contributed by atoms with van der Waals surface area (Å²) in [6.45, 7) is 3.92. The zero-order valence-electron chi connectivity index (χ0n) is 19.2. The summed E-state index contributed by atoms with van der Waals surface area (Å²) in [6.07, 6.45) is 4.91. The molecular formula is C25H33N5O2. The molecule has 7 nitrogen and oxygen atoms in total. The molecule has 2 aromatic carbocycles. The van der Waals surface area contributed by atoms with Crippen molar-refractivity contribution < 1.29 is 9.47 Å². The van der Waals surface area contributed by atoms with Crippen molar-refractivity contribution in [3.63, 3.8) is 0 Å². The van der Waals surface area contributed by atoms with Crippen molar-refractivity contribution in [1.29, 1.82) is 0 Å². The SMILES string of the molecule is CCNC(=NCc1cccc(OC)c1OC1CCCC1)NCc1nc2ccccc2n1C. The Morgan fingerprint density at radius 2 is 1.94 bits per heavy atom. The maximum atomic E-state index is 6.35. The quantitative estimate of drug-likeness (QED) is 0.411. The number of hydrogen-bond acceptors (Lipinski definition) is 4. The van der Waals surface area contributed by atoms with Crippen LogP contribution in [0.4, 0.5) is 0 Å². The first-order valence-electron chi connectivity index (χ1n) is 11.4. The lowest BCUT2D eigenvalue weighted by atomic mass is 10.1. The molecule has 32 heavy (non-hydrogen) atoms. The number of aryl methyl sites for hydroxylation is 1. The maximum Gasteiger partial charge on any atom is 0.191 e. The van der Waals surface area contributed by atoms with E-state index in [2.05, 4.69) is 34.3 Å². The molecule has 0 saturated heterocycles. The second-order valence-corrected chi connectivity index (χ2v) is 8.10. The number of methoxy groups -OCH3 is 1. The van der Waals surface area contributed by atoms with Gasteiger partial charge in [0, 0.05) is 19.2 Å². The highest BCUT2D eigenvalue weighted by Gasteiger charge is 2.20. The summed E-state index contributed by atoms with van der Waals surface area (Å²) in [5, 5.41) is 6.74. The highest BCUT2D eigenvalue weighted by atomic mass is 16.5. The number of imidazole rings is 1. The third-order valence-electron chi connectivity index (χ3n) is 5.91. The highest BCUT2D eigenvalue weighted by Crippen LogP contribution is 2.35. The molecule has 1 fully saturated rings. The minimum Gasteiger partial charge on any atom is -0.493 e. The summed E-state index contributed by atoms with van der Waals surface area (Å²) in [5.74, 6) is 3.29. The van der Waals surface area contributed by atoms with Crippen molar-refractivity contribution in [2.24, 2.45) is 12.0 Å². The topological polar surface area (TPSA) is 72.7 Å². The Morgan fingerprint density at radius 3 is 2.69 bits per heavy atom. The lowest BCUT2D eigenvalue weighted by Gasteiger charge is -2.19. The zero-order valence-corrected chi connectivity index (χ0v) is 19.2. The Bertz CT molecular complexity index is 1070. The van der Waals surface area contributed by atoms with E-state index in [1.165, 1.54) is 12.8 Å². The van der Waals surface area contributed by atoms with Crippen LogP contribution >= 0.6 is 0 Å². The largest absolute Gasteiger partial charge is 0.493 e. The zero-order chi connectivity index (χ0) is 22.3. The van der Waals surface area contributed by atoms with Crippen LogP contribution in [0.15, 0.2) is 47.5 Å².